The van der Waals surface area contributed by atoms with Crippen LogP contribution in [0, 0.1) is 6.92 Å². The summed E-state index contributed by atoms with van der Waals surface area (Å²) >= 11 is 0. The van der Waals surface area contributed by atoms with E-state index in [-0.39, 0.29) is 0 Å². The summed E-state index contributed by atoms with van der Waals surface area (Å²) in [6, 6.07) is 6.14. The lowest BCUT2D eigenvalue weighted by molar-refractivity contribution is -0.0201. The van der Waals surface area contributed by atoms with Crippen molar-refractivity contribution in [2.45, 2.75) is 39.8 Å². The fraction of sp³-hybridized carbons (Fsp3) is 0.667. The molecule has 0 saturated carbocycles. The second kappa shape index (κ2) is 11.2. The summed E-state index contributed by atoms with van der Waals surface area (Å²) in [6.45, 7) is 14.1. The average Bonchev–Trinajstić information content (AvgIpc) is 2.66. The lowest BCUT2D eigenvalue weighted by atomic mass is 10.1. The van der Waals surface area contributed by atoms with Crippen molar-refractivity contribution in [2.24, 2.45) is 4.99 Å². The van der Waals surface area contributed by atoms with Gasteiger partial charge in [-0.2, -0.15) is 0 Å². The zero-order chi connectivity index (χ0) is 20.4. The molecular formula is C21H36N4O3. The van der Waals surface area contributed by atoms with E-state index in [4.69, 9.17) is 9.47 Å². The van der Waals surface area contributed by atoms with Gasteiger partial charge in [0.1, 0.15) is 5.75 Å². The first kappa shape index (κ1) is 22.5. The zero-order valence-electron chi connectivity index (χ0n) is 17.8. The Kier molecular flexibility index (Phi) is 9.02. The van der Waals surface area contributed by atoms with Crippen LogP contribution in [0.25, 0.3) is 0 Å². The van der Waals surface area contributed by atoms with Crippen LogP contribution in [-0.2, 0) is 11.3 Å². The molecule has 0 radical (unpaired) electrons. The lowest BCUT2D eigenvalue weighted by Gasteiger charge is -2.34. The van der Waals surface area contributed by atoms with Gasteiger partial charge >= 0.3 is 0 Å². The molecular weight excluding hydrogens is 356 g/mol. The highest BCUT2D eigenvalue weighted by atomic mass is 16.5. The van der Waals surface area contributed by atoms with Crippen molar-refractivity contribution >= 4 is 5.96 Å². The molecule has 0 aromatic heterocycles. The molecule has 7 heteroatoms. The quantitative estimate of drug-likeness (QED) is 0.437. The highest BCUT2D eigenvalue weighted by Crippen LogP contribution is 2.19. The van der Waals surface area contributed by atoms with Crippen molar-refractivity contribution in [3.63, 3.8) is 0 Å². The molecule has 0 aliphatic carbocycles. The van der Waals surface area contributed by atoms with Gasteiger partial charge in [0.15, 0.2) is 5.96 Å². The number of hydrogen-bond donors (Lipinski definition) is 3. The van der Waals surface area contributed by atoms with Crippen molar-refractivity contribution in [1.29, 1.82) is 0 Å². The van der Waals surface area contributed by atoms with E-state index >= 15 is 0 Å². The van der Waals surface area contributed by atoms with Crippen molar-refractivity contribution < 1.29 is 14.6 Å². The second-order valence-corrected chi connectivity index (χ2v) is 7.47. The first-order chi connectivity index (χ1) is 13.4. The first-order valence-corrected chi connectivity index (χ1v) is 10.2. The molecule has 1 unspecified atom stereocenters. The van der Waals surface area contributed by atoms with E-state index in [1.807, 2.05) is 39.8 Å². The molecule has 0 bridgehead atoms. The van der Waals surface area contributed by atoms with E-state index in [0.717, 1.165) is 49.7 Å². The number of nitrogens with zero attached hydrogens (tertiary/aromatic N) is 2. The minimum atomic E-state index is -0.844. The van der Waals surface area contributed by atoms with Gasteiger partial charge in [0.25, 0.3) is 0 Å². The molecule has 28 heavy (non-hydrogen) atoms. The Morgan fingerprint density at radius 3 is 2.68 bits per heavy atom. The number of rotatable bonds is 9. The molecule has 1 aromatic rings. The van der Waals surface area contributed by atoms with Gasteiger partial charge in [-0.15, -0.1) is 0 Å². The Labute approximate surface area is 169 Å². The van der Waals surface area contributed by atoms with Crippen molar-refractivity contribution in [1.82, 2.24) is 15.5 Å². The summed E-state index contributed by atoms with van der Waals surface area (Å²) in [7, 11) is 0. The molecule has 3 N–H and O–H groups in total. The topological polar surface area (TPSA) is 78.4 Å². The molecule has 2 rings (SSSR count). The summed E-state index contributed by atoms with van der Waals surface area (Å²) in [5.74, 6) is 1.62. The minimum Gasteiger partial charge on any atom is -0.494 e. The molecule has 7 nitrogen and oxygen atoms in total. The van der Waals surface area contributed by atoms with Gasteiger partial charge in [-0.3, -0.25) is 4.90 Å². The Bertz CT molecular complexity index is 628. The van der Waals surface area contributed by atoms with Gasteiger partial charge < -0.3 is 25.2 Å². The number of nitrogens with one attached hydrogen (secondary N) is 2. The molecule has 1 aliphatic rings. The summed E-state index contributed by atoms with van der Waals surface area (Å²) in [4.78, 5) is 6.89. The fourth-order valence-corrected chi connectivity index (χ4v) is 3.21. The van der Waals surface area contributed by atoms with E-state index in [1.165, 1.54) is 0 Å². The maximum Gasteiger partial charge on any atom is 0.191 e. The molecule has 0 amide bonds. The molecule has 1 fully saturated rings. The molecule has 1 aliphatic heterocycles. The van der Waals surface area contributed by atoms with E-state index in [0.29, 0.717) is 32.2 Å². The van der Waals surface area contributed by atoms with Crippen LogP contribution < -0.4 is 15.4 Å². The van der Waals surface area contributed by atoms with Gasteiger partial charge in [0.05, 0.1) is 32.0 Å². The van der Waals surface area contributed by atoms with Crippen molar-refractivity contribution in [2.75, 3.05) is 52.5 Å². The number of morpholine rings is 1. The number of β-amino-alcohol motifs (C(OH)–C–C–N with tert-alkyl or cyclic N) is 1. The highest BCUT2D eigenvalue weighted by Gasteiger charge is 2.25. The van der Waals surface area contributed by atoms with Crippen LogP contribution in [0.3, 0.4) is 0 Å². The maximum absolute atomic E-state index is 10.7. The molecule has 1 aromatic carbocycles. The number of benzene rings is 1. The standard InChI is InChI=1S/C21H36N4O3/c1-5-22-20(23-14-18-7-8-19(28-6-2)17(3)13-18)24-15-21(4,26)16-25-9-11-27-12-10-25/h7-8,13,26H,5-6,9-12,14-16H2,1-4H3,(H2,22,23,24). The number of guanidine groups is 1. The van der Waals surface area contributed by atoms with Gasteiger partial charge in [0, 0.05) is 32.7 Å². The van der Waals surface area contributed by atoms with Crippen LogP contribution in [0.2, 0.25) is 0 Å². The molecule has 158 valence electrons. The normalized spacial score (nSPS) is 17.8. The number of hydrogen-bond acceptors (Lipinski definition) is 5. The summed E-state index contributed by atoms with van der Waals surface area (Å²) < 4.78 is 11.0. The van der Waals surface area contributed by atoms with E-state index in [9.17, 15) is 5.11 Å². The summed E-state index contributed by atoms with van der Waals surface area (Å²) in [6.07, 6.45) is 0. The van der Waals surface area contributed by atoms with Gasteiger partial charge in [-0.25, -0.2) is 4.99 Å². The number of aliphatic hydroxyl groups is 1. The average molecular weight is 393 g/mol. The van der Waals surface area contributed by atoms with E-state index < -0.39 is 5.60 Å². The van der Waals surface area contributed by atoms with Crippen LogP contribution >= 0.6 is 0 Å². The number of aryl methyl sites for hydroxylation is 1. The second-order valence-electron chi connectivity index (χ2n) is 7.47. The predicted molar refractivity (Wildman–Crippen MR) is 113 cm³/mol. The third kappa shape index (κ3) is 7.66. The number of aliphatic imine (C=N–C) groups is 1. The summed E-state index contributed by atoms with van der Waals surface area (Å²) in [5, 5.41) is 17.3. The number of ether oxygens (including phenoxy) is 2. The smallest absolute Gasteiger partial charge is 0.191 e. The molecule has 1 heterocycles. The first-order valence-electron chi connectivity index (χ1n) is 10.2. The third-order valence-electron chi connectivity index (χ3n) is 4.61. The lowest BCUT2D eigenvalue weighted by Crippen LogP contribution is -2.52. The summed E-state index contributed by atoms with van der Waals surface area (Å²) in [5.41, 5.74) is 1.39. The van der Waals surface area contributed by atoms with Crippen LogP contribution in [0.15, 0.2) is 23.2 Å². The van der Waals surface area contributed by atoms with Crippen LogP contribution in [0.4, 0.5) is 0 Å². The van der Waals surface area contributed by atoms with Gasteiger partial charge in [0.2, 0.25) is 0 Å². The molecule has 1 saturated heterocycles. The maximum atomic E-state index is 10.7. The van der Waals surface area contributed by atoms with Crippen molar-refractivity contribution in [3.8, 4) is 5.75 Å². The highest BCUT2D eigenvalue weighted by molar-refractivity contribution is 5.79. The zero-order valence-corrected chi connectivity index (χ0v) is 17.8. The van der Waals surface area contributed by atoms with Crippen LogP contribution in [0.1, 0.15) is 31.9 Å². The predicted octanol–water partition coefficient (Wildman–Crippen LogP) is 1.53. The molecule has 1 atom stereocenters. The SMILES string of the molecule is CCNC(=NCc1ccc(OCC)c(C)c1)NCC(C)(O)CN1CCOCC1. The van der Waals surface area contributed by atoms with Crippen molar-refractivity contribution in [3.05, 3.63) is 29.3 Å². The Morgan fingerprint density at radius 2 is 2.04 bits per heavy atom. The van der Waals surface area contributed by atoms with E-state index in [2.05, 4.69) is 26.6 Å². The van der Waals surface area contributed by atoms with Gasteiger partial charge in [-0.1, -0.05) is 12.1 Å². The monoisotopic (exact) mass is 392 g/mol. The van der Waals surface area contributed by atoms with Crippen LogP contribution in [-0.4, -0.2) is 74.1 Å². The third-order valence-corrected chi connectivity index (χ3v) is 4.61. The Balaban J connectivity index is 1.91. The van der Waals surface area contributed by atoms with Gasteiger partial charge in [-0.05, 0) is 44.9 Å². The Hall–Kier alpha value is -1.83. The fourth-order valence-electron chi connectivity index (χ4n) is 3.21. The minimum absolute atomic E-state index is 0.429. The van der Waals surface area contributed by atoms with E-state index in [1.54, 1.807) is 0 Å². The molecule has 0 spiro atoms. The largest absolute Gasteiger partial charge is 0.494 e. The van der Waals surface area contributed by atoms with Crippen LogP contribution in [0.5, 0.6) is 5.75 Å². The Morgan fingerprint density at radius 1 is 1.29 bits per heavy atom.